The summed E-state index contributed by atoms with van der Waals surface area (Å²) in [4.78, 5) is 11.7. The summed E-state index contributed by atoms with van der Waals surface area (Å²) in [7, 11) is 0. The van der Waals surface area contributed by atoms with Gasteiger partial charge in [-0.1, -0.05) is 36.4 Å². The van der Waals surface area contributed by atoms with E-state index < -0.39 is 6.04 Å². The highest BCUT2D eigenvalue weighted by Crippen LogP contribution is 2.13. The third-order valence-electron chi connectivity index (χ3n) is 2.12. The molecule has 0 saturated heterocycles. The van der Waals surface area contributed by atoms with Crippen LogP contribution in [0, 0.1) is 0 Å². The zero-order chi connectivity index (χ0) is 11.8. The summed E-state index contributed by atoms with van der Waals surface area (Å²) in [6, 6.07) is 9.10. The molecule has 1 rings (SSSR count). The van der Waals surface area contributed by atoms with E-state index in [2.05, 4.69) is 11.9 Å². The first kappa shape index (κ1) is 12.5. The maximum atomic E-state index is 11.7. The van der Waals surface area contributed by atoms with Crippen LogP contribution in [0.1, 0.15) is 18.5 Å². The van der Waals surface area contributed by atoms with Crippen molar-refractivity contribution in [1.29, 1.82) is 0 Å². The third kappa shape index (κ3) is 3.51. The lowest BCUT2D eigenvalue weighted by Crippen LogP contribution is -2.30. The van der Waals surface area contributed by atoms with E-state index in [0.717, 1.165) is 5.56 Å². The van der Waals surface area contributed by atoms with E-state index in [9.17, 15) is 4.79 Å². The van der Waals surface area contributed by atoms with Crippen LogP contribution in [0.2, 0.25) is 0 Å². The van der Waals surface area contributed by atoms with Crippen molar-refractivity contribution in [2.24, 2.45) is 0 Å². The summed E-state index contributed by atoms with van der Waals surface area (Å²) in [6.45, 7) is 6.37. The van der Waals surface area contributed by atoms with Crippen molar-refractivity contribution in [3.8, 4) is 0 Å². The van der Waals surface area contributed by atoms with Crippen LogP contribution in [0.15, 0.2) is 43.0 Å². The zero-order valence-electron chi connectivity index (χ0n) is 9.48. The van der Waals surface area contributed by atoms with Crippen LogP contribution < -0.4 is 5.32 Å². The highest BCUT2D eigenvalue weighted by Gasteiger charge is 2.20. The summed E-state index contributed by atoms with van der Waals surface area (Å²) in [5.41, 5.74) is 0.905. The molecule has 0 unspecified atom stereocenters. The molecule has 0 aliphatic carbocycles. The normalized spacial score (nSPS) is 11.8. The summed E-state index contributed by atoms with van der Waals surface area (Å²) in [5, 5.41) is 3.08. The molecule has 0 fully saturated rings. The van der Waals surface area contributed by atoms with Crippen molar-refractivity contribution in [2.75, 3.05) is 13.2 Å². The molecule has 0 bridgehead atoms. The molecule has 1 N–H and O–H groups in total. The summed E-state index contributed by atoms with van der Waals surface area (Å²) < 4.78 is 5.02. The Balaban J connectivity index is 2.78. The first-order valence-electron chi connectivity index (χ1n) is 5.35. The second-order valence-corrected chi connectivity index (χ2v) is 3.29. The number of benzene rings is 1. The molecular weight excluding hydrogens is 202 g/mol. The molecule has 0 amide bonds. The largest absolute Gasteiger partial charge is 0.465 e. The Morgan fingerprint density at radius 2 is 2.19 bits per heavy atom. The summed E-state index contributed by atoms with van der Waals surface area (Å²) in [5.74, 6) is -0.254. The lowest BCUT2D eigenvalue weighted by Gasteiger charge is -2.16. The van der Waals surface area contributed by atoms with E-state index in [1.54, 1.807) is 13.0 Å². The SMILES string of the molecule is C=CCN[C@H](C(=O)OCC)c1ccccc1. The standard InChI is InChI=1S/C13H17NO2/c1-3-10-14-12(13(15)16-4-2)11-8-6-5-7-9-11/h3,5-9,12,14H,1,4,10H2,2H3/t12-/m0/s1. The molecule has 1 aromatic rings. The van der Waals surface area contributed by atoms with E-state index in [-0.39, 0.29) is 5.97 Å². The van der Waals surface area contributed by atoms with Gasteiger partial charge in [0, 0.05) is 6.54 Å². The molecule has 3 nitrogen and oxygen atoms in total. The van der Waals surface area contributed by atoms with Crippen LogP contribution in [-0.4, -0.2) is 19.1 Å². The van der Waals surface area contributed by atoms with Gasteiger partial charge >= 0.3 is 5.97 Å². The molecule has 0 aliphatic rings. The third-order valence-corrected chi connectivity index (χ3v) is 2.12. The maximum Gasteiger partial charge on any atom is 0.327 e. The first-order chi connectivity index (χ1) is 7.79. The highest BCUT2D eigenvalue weighted by molar-refractivity contribution is 5.77. The monoisotopic (exact) mass is 219 g/mol. The van der Waals surface area contributed by atoms with Crippen LogP contribution in [-0.2, 0) is 9.53 Å². The summed E-state index contributed by atoms with van der Waals surface area (Å²) in [6.07, 6.45) is 1.72. The first-order valence-corrected chi connectivity index (χ1v) is 5.35. The molecule has 0 aliphatic heterocycles. The van der Waals surface area contributed by atoms with Gasteiger partial charge in [0.1, 0.15) is 6.04 Å². The number of rotatable bonds is 6. The molecule has 0 heterocycles. The van der Waals surface area contributed by atoms with Crippen molar-refractivity contribution in [1.82, 2.24) is 5.32 Å². The Hall–Kier alpha value is -1.61. The fourth-order valence-electron chi connectivity index (χ4n) is 1.41. The predicted molar refractivity (Wildman–Crippen MR) is 64.0 cm³/mol. The minimum atomic E-state index is -0.417. The molecular formula is C13H17NO2. The van der Waals surface area contributed by atoms with Gasteiger partial charge in [0.05, 0.1) is 6.61 Å². The molecule has 0 radical (unpaired) electrons. The Kier molecular flexibility index (Phi) is 5.29. The lowest BCUT2D eigenvalue weighted by molar-refractivity contribution is -0.145. The molecule has 0 saturated carbocycles. The van der Waals surface area contributed by atoms with Gasteiger partial charge < -0.3 is 4.74 Å². The number of hydrogen-bond acceptors (Lipinski definition) is 3. The zero-order valence-corrected chi connectivity index (χ0v) is 9.48. The average Bonchev–Trinajstić information content (AvgIpc) is 2.31. The van der Waals surface area contributed by atoms with Crippen molar-refractivity contribution in [3.05, 3.63) is 48.6 Å². The second-order valence-electron chi connectivity index (χ2n) is 3.29. The molecule has 0 aromatic heterocycles. The van der Waals surface area contributed by atoms with E-state index in [1.807, 2.05) is 30.3 Å². The predicted octanol–water partition coefficient (Wildman–Crippen LogP) is 2.07. The van der Waals surface area contributed by atoms with Gasteiger partial charge in [-0.05, 0) is 12.5 Å². The minimum absolute atomic E-state index is 0.254. The van der Waals surface area contributed by atoms with E-state index in [0.29, 0.717) is 13.2 Å². The molecule has 0 spiro atoms. The Morgan fingerprint density at radius 1 is 1.50 bits per heavy atom. The number of ether oxygens (including phenoxy) is 1. The van der Waals surface area contributed by atoms with Crippen LogP contribution >= 0.6 is 0 Å². The van der Waals surface area contributed by atoms with E-state index >= 15 is 0 Å². The van der Waals surface area contributed by atoms with Gasteiger partial charge in [-0.2, -0.15) is 0 Å². The molecule has 16 heavy (non-hydrogen) atoms. The van der Waals surface area contributed by atoms with Gasteiger partial charge in [-0.3, -0.25) is 5.32 Å². The topological polar surface area (TPSA) is 38.3 Å². The number of esters is 1. The lowest BCUT2D eigenvalue weighted by atomic mass is 10.1. The fourth-order valence-corrected chi connectivity index (χ4v) is 1.41. The minimum Gasteiger partial charge on any atom is -0.465 e. The van der Waals surface area contributed by atoms with Gasteiger partial charge in [0.2, 0.25) is 0 Å². The van der Waals surface area contributed by atoms with Crippen molar-refractivity contribution < 1.29 is 9.53 Å². The number of carbonyl (C=O) groups is 1. The molecule has 1 aromatic carbocycles. The van der Waals surface area contributed by atoms with Gasteiger partial charge in [0.25, 0.3) is 0 Å². The van der Waals surface area contributed by atoms with Gasteiger partial charge in [0.15, 0.2) is 0 Å². The Morgan fingerprint density at radius 3 is 2.75 bits per heavy atom. The molecule has 3 heteroatoms. The van der Waals surface area contributed by atoms with E-state index in [4.69, 9.17) is 4.74 Å². The van der Waals surface area contributed by atoms with Gasteiger partial charge in [-0.25, -0.2) is 4.79 Å². The van der Waals surface area contributed by atoms with Gasteiger partial charge in [-0.15, -0.1) is 6.58 Å². The fraction of sp³-hybridized carbons (Fsp3) is 0.308. The Labute approximate surface area is 96.1 Å². The van der Waals surface area contributed by atoms with Crippen LogP contribution in [0.3, 0.4) is 0 Å². The smallest absolute Gasteiger partial charge is 0.327 e. The van der Waals surface area contributed by atoms with Crippen LogP contribution in [0.25, 0.3) is 0 Å². The van der Waals surface area contributed by atoms with Crippen LogP contribution in [0.5, 0.6) is 0 Å². The number of carbonyl (C=O) groups excluding carboxylic acids is 1. The van der Waals surface area contributed by atoms with E-state index in [1.165, 1.54) is 0 Å². The van der Waals surface area contributed by atoms with Crippen molar-refractivity contribution >= 4 is 5.97 Å². The maximum absolute atomic E-state index is 11.7. The van der Waals surface area contributed by atoms with Crippen LogP contribution in [0.4, 0.5) is 0 Å². The quantitative estimate of drug-likeness (QED) is 0.588. The number of nitrogens with one attached hydrogen (secondary N) is 1. The average molecular weight is 219 g/mol. The Bertz CT molecular complexity index is 335. The molecule has 1 atom stereocenters. The highest BCUT2D eigenvalue weighted by atomic mass is 16.5. The molecule has 86 valence electrons. The second kappa shape index (κ2) is 6.80. The van der Waals surface area contributed by atoms with Crippen molar-refractivity contribution in [3.63, 3.8) is 0 Å². The number of hydrogen-bond donors (Lipinski definition) is 1. The van der Waals surface area contributed by atoms with Crippen molar-refractivity contribution in [2.45, 2.75) is 13.0 Å². The summed E-state index contributed by atoms with van der Waals surface area (Å²) >= 11 is 0.